The summed E-state index contributed by atoms with van der Waals surface area (Å²) in [4.78, 5) is 63.1. The first kappa shape index (κ1) is 36.6. The maximum atomic E-state index is 13.7. The number of alkyl carbamates (subject to hydrolysis) is 1. The second-order valence-corrected chi connectivity index (χ2v) is 16.9. The van der Waals surface area contributed by atoms with Gasteiger partial charge < -0.3 is 39.6 Å². The van der Waals surface area contributed by atoms with E-state index in [0.29, 0.717) is 45.4 Å². The normalized spacial score (nSPS) is 36.8. The van der Waals surface area contributed by atoms with Crippen LogP contribution in [0.25, 0.3) is 0 Å². The Labute approximate surface area is 294 Å². The summed E-state index contributed by atoms with van der Waals surface area (Å²) >= 11 is 0. The van der Waals surface area contributed by atoms with Crippen molar-refractivity contribution in [3.63, 3.8) is 0 Å². The molecule has 3 amide bonds. The number of unbranched alkanes of at least 4 members (excludes halogenated alkanes) is 1. The molecular formula is C37H55N3O10. The molecule has 3 aliphatic carbocycles. The number of amides is 3. The second-order valence-electron chi connectivity index (χ2n) is 16.9. The Hall–Kier alpha value is -3.19. The number of fused-ring (bicyclic) bond motifs is 4. The highest BCUT2D eigenvalue weighted by atomic mass is 16.7. The van der Waals surface area contributed by atoms with Gasteiger partial charge in [0, 0.05) is 42.3 Å². The number of epoxide rings is 1. The minimum Gasteiger partial charge on any atom is -0.458 e. The average molecular weight is 702 g/mol. The van der Waals surface area contributed by atoms with Crippen LogP contribution in [0.3, 0.4) is 0 Å². The van der Waals surface area contributed by atoms with E-state index < -0.39 is 46.9 Å². The second kappa shape index (κ2) is 12.8. The minimum absolute atomic E-state index is 0.00948. The van der Waals surface area contributed by atoms with Gasteiger partial charge in [0.15, 0.2) is 0 Å². The van der Waals surface area contributed by atoms with E-state index in [1.807, 2.05) is 6.92 Å². The van der Waals surface area contributed by atoms with Crippen molar-refractivity contribution in [2.24, 2.45) is 28.6 Å². The molecule has 3 heterocycles. The van der Waals surface area contributed by atoms with Crippen molar-refractivity contribution in [2.45, 2.75) is 135 Å². The van der Waals surface area contributed by atoms with E-state index in [4.69, 9.17) is 23.7 Å². The molecule has 1 unspecified atom stereocenters. The Morgan fingerprint density at radius 1 is 1.06 bits per heavy atom. The molecule has 1 spiro atoms. The number of carbonyl (C=O) groups is 5. The molecule has 50 heavy (non-hydrogen) atoms. The maximum absolute atomic E-state index is 13.7. The van der Waals surface area contributed by atoms with Crippen LogP contribution < -0.4 is 16.0 Å². The summed E-state index contributed by atoms with van der Waals surface area (Å²) in [7, 11) is 0. The van der Waals surface area contributed by atoms with E-state index in [9.17, 15) is 24.0 Å². The molecule has 0 aromatic heterocycles. The van der Waals surface area contributed by atoms with Gasteiger partial charge in [0.1, 0.15) is 35.6 Å². The molecule has 3 N–H and O–H groups in total. The summed E-state index contributed by atoms with van der Waals surface area (Å²) in [6.07, 6.45) is 2.47. The molecule has 13 heteroatoms. The number of rotatable bonds is 12. The summed E-state index contributed by atoms with van der Waals surface area (Å²) in [5.41, 5.74) is -1.09. The quantitative estimate of drug-likeness (QED) is 0.119. The molecule has 278 valence electrons. The lowest BCUT2D eigenvalue weighted by Crippen LogP contribution is -2.73. The molecule has 4 fully saturated rings. The monoisotopic (exact) mass is 701 g/mol. The highest BCUT2D eigenvalue weighted by molar-refractivity contribution is 5.92. The van der Waals surface area contributed by atoms with Crippen molar-refractivity contribution in [3.8, 4) is 0 Å². The molecule has 2 saturated carbocycles. The lowest BCUT2D eigenvalue weighted by molar-refractivity contribution is -0.265. The van der Waals surface area contributed by atoms with E-state index in [1.54, 1.807) is 20.8 Å². The maximum Gasteiger partial charge on any atom is 0.408 e. The molecule has 6 aliphatic rings. The Balaban J connectivity index is 1.12. The third-order valence-corrected chi connectivity index (χ3v) is 12.6. The molecule has 13 nitrogen and oxygen atoms in total. The predicted molar refractivity (Wildman–Crippen MR) is 179 cm³/mol. The number of ether oxygens (including phenoxy) is 5. The fourth-order valence-electron chi connectivity index (χ4n) is 10.1. The third-order valence-electron chi connectivity index (χ3n) is 12.6. The van der Waals surface area contributed by atoms with Crippen molar-refractivity contribution >= 4 is 29.8 Å². The van der Waals surface area contributed by atoms with Crippen LogP contribution in [0.1, 0.15) is 100 Å². The molecule has 2 saturated heterocycles. The third kappa shape index (κ3) is 5.89. The van der Waals surface area contributed by atoms with Crippen LogP contribution in [0, 0.1) is 28.6 Å². The van der Waals surface area contributed by atoms with Gasteiger partial charge in [-0.05, 0) is 83.6 Å². The van der Waals surface area contributed by atoms with Crippen LogP contribution in [0.4, 0.5) is 4.79 Å². The van der Waals surface area contributed by atoms with Crippen molar-refractivity contribution in [3.05, 3.63) is 11.1 Å². The number of hydrogen-bond donors (Lipinski definition) is 3. The zero-order chi connectivity index (χ0) is 36.4. The first-order chi connectivity index (χ1) is 23.4. The van der Waals surface area contributed by atoms with Gasteiger partial charge in [-0.25, -0.2) is 9.59 Å². The fraction of sp³-hybridized carbons (Fsp3) is 0.811. The number of esters is 2. The molecule has 3 aliphatic heterocycles. The van der Waals surface area contributed by atoms with Crippen LogP contribution in [0.15, 0.2) is 11.1 Å². The van der Waals surface area contributed by atoms with E-state index in [2.05, 4.69) is 36.7 Å². The van der Waals surface area contributed by atoms with Gasteiger partial charge >= 0.3 is 18.0 Å². The van der Waals surface area contributed by atoms with Crippen molar-refractivity contribution < 1.29 is 47.7 Å². The standard InChI is InChI=1S/C37H55N3O10/c1-20(2)36-17-24(36)28-37(49-28)34(7)14-12-22-23(18-46-30(22)44)25(34)19-47-35(37,8)31(36)48-27(42)13-16-39-29(43)26(11-9-10-15-38-21(3)41)40-32(45)50-33(4,5)6/h20,24-26,28,31H,9-19H2,1-8H3,(H,38,41)(H,39,43)(H,40,45)/t24-,25?,26-,28-,31-,34-,35+,36+,37+/m0/s1. The molecule has 0 aromatic rings. The molecule has 0 radical (unpaired) electrons. The summed E-state index contributed by atoms with van der Waals surface area (Å²) in [6, 6.07) is -0.883. The van der Waals surface area contributed by atoms with Gasteiger partial charge in [0.2, 0.25) is 11.8 Å². The fourth-order valence-corrected chi connectivity index (χ4v) is 10.1. The first-order valence-corrected chi connectivity index (χ1v) is 18.3. The van der Waals surface area contributed by atoms with Crippen molar-refractivity contribution in [1.29, 1.82) is 0 Å². The number of carbonyl (C=O) groups excluding carboxylic acids is 5. The van der Waals surface area contributed by atoms with Crippen LogP contribution in [0.2, 0.25) is 0 Å². The van der Waals surface area contributed by atoms with E-state index >= 15 is 0 Å². The van der Waals surface area contributed by atoms with E-state index in [-0.39, 0.29) is 59.5 Å². The van der Waals surface area contributed by atoms with Crippen LogP contribution in [-0.2, 0) is 42.9 Å². The SMILES string of the molecule is CC(=O)NCCCC[C@H](NC(=O)OC(C)(C)C)C(=O)NCCC(=O)O[C@@H]1[C@@]2(C(C)C)C[C@H]2[C@@H]2O[C@@]23[C@@]2(C)CCC4=C(COC4=O)C2CO[C@]13C. The lowest BCUT2D eigenvalue weighted by atomic mass is 9.49. The summed E-state index contributed by atoms with van der Waals surface area (Å²) in [6.45, 7) is 16.5. The van der Waals surface area contributed by atoms with Crippen molar-refractivity contribution in [1.82, 2.24) is 16.0 Å². The molecule has 6 rings (SSSR count). The lowest BCUT2D eigenvalue weighted by Gasteiger charge is -2.61. The highest BCUT2D eigenvalue weighted by Crippen LogP contribution is 2.82. The largest absolute Gasteiger partial charge is 0.458 e. The predicted octanol–water partition coefficient (Wildman–Crippen LogP) is 3.48. The summed E-state index contributed by atoms with van der Waals surface area (Å²) < 4.78 is 31.0. The van der Waals surface area contributed by atoms with Gasteiger partial charge in [-0.15, -0.1) is 0 Å². The minimum atomic E-state index is -0.902. The van der Waals surface area contributed by atoms with Gasteiger partial charge in [0.25, 0.3) is 0 Å². The van der Waals surface area contributed by atoms with Gasteiger partial charge in [-0.2, -0.15) is 0 Å². The number of nitrogens with one attached hydrogen (secondary N) is 3. The van der Waals surface area contributed by atoms with E-state index in [1.165, 1.54) is 6.92 Å². The van der Waals surface area contributed by atoms with Crippen LogP contribution in [-0.4, -0.2) is 91.2 Å². The van der Waals surface area contributed by atoms with Gasteiger partial charge in [-0.1, -0.05) is 20.8 Å². The Bertz CT molecular complexity index is 1470. The first-order valence-electron chi connectivity index (χ1n) is 18.3. The van der Waals surface area contributed by atoms with E-state index in [0.717, 1.165) is 24.0 Å². The molecule has 0 aromatic carbocycles. The number of cyclic esters (lactones) is 1. The number of hydrogen-bond acceptors (Lipinski definition) is 10. The molecule has 0 bridgehead atoms. The van der Waals surface area contributed by atoms with Crippen LogP contribution >= 0.6 is 0 Å². The van der Waals surface area contributed by atoms with Gasteiger partial charge in [0.05, 0.1) is 19.1 Å². The average Bonchev–Trinajstić information content (AvgIpc) is 3.91. The zero-order valence-corrected chi connectivity index (χ0v) is 30.8. The zero-order valence-electron chi connectivity index (χ0n) is 30.8. The van der Waals surface area contributed by atoms with Crippen molar-refractivity contribution in [2.75, 3.05) is 26.3 Å². The van der Waals surface area contributed by atoms with Gasteiger partial charge in [-0.3, -0.25) is 14.4 Å². The Morgan fingerprint density at radius 2 is 1.80 bits per heavy atom. The molecule has 9 atom stereocenters. The summed E-state index contributed by atoms with van der Waals surface area (Å²) in [5.74, 6) is -0.801. The Morgan fingerprint density at radius 3 is 2.48 bits per heavy atom. The summed E-state index contributed by atoms with van der Waals surface area (Å²) in [5, 5.41) is 8.19. The molecular weight excluding hydrogens is 646 g/mol. The Kier molecular flexibility index (Phi) is 9.36. The smallest absolute Gasteiger partial charge is 0.408 e. The highest BCUT2D eigenvalue weighted by Gasteiger charge is 2.93. The topological polar surface area (TPSA) is 171 Å². The van der Waals surface area contributed by atoms with Crippen LogP contribution in [0.5, 0.6) is 0 Å².